The predicted molar refractivity (Wildman–Crippen MR) is 85.8 cm³/mol. The van der Waals surface area contributed by atoms with Crippen molar-refractivity contribution in [3.8, 4) is 0 Å². The summed E-state index contributed by atoms with van der Waals surface area (Å²) >= 11 is 1.70. The van der Waals surface area contributed by atoms with E-state index in [-0.39, 0.29) is 11.5 Å². The average Bonchev–Trinajstić information content (AvgIpc) is 3.08. The van der Waals surface area contributed by atoms with Gasteiger partial charge in [-0.3, -0.25) is 9.58 Å². The molecule has 3 heterocycles. The van der Waals surface area contributed by atoms with E-state index >= 15 is 0 Å². The van der Waals surface area contributed by atoms with Crippen LogP contribution in [-0.4, -0.2) is 44.6 Å². The van der Waals surface area contributed by atoms with E-state index in [4.69, 9.17) is 9.72 Å². The molecule has 1 unspecified atom stereocenters. The molecule has 22 heavy (non-hydrogen) atoms. The van der Waals surface area contributed by atoms with Gasteiger partial charge in [0.25, 0.3) is 0 Å². The predicted octanol–water partition coefficient (Wildman–Crippen LogP) is 2.14. The summed E-state index contributed by atoms with van der Waals surface area (Å²) in [4.78, 5) is 7.14. The Kier molecular flexibility index (Phi) is 4.29. The third-order valence-electron chi connectivity index (χ3n) is 3.75. The lowest BCUT2D eigenvalue weighted by molar-refractivity contribution is -0.0334. The molecule has 0 spiro atoms. The molecule has 1 aliphatic rings. The van der Waals surface area contributed by atoms with E-state index < -0.39 is 0 Å². The molecule has 1 saturated heterocycles. The summed E-state index contributed by atoms with van der Waals surface area (Å²) in [6.07, 6.45) is 2.03. The third-order valence-corrected chi connectivity index (χ3v) is 4.69. The van der Waals surface area contributed by atoms with Crippen LogP contribution in [0.2, 0.25) is 0 Å². The lowest BCUT2D eigenvalue weighted by Gasteiger charge is -2.31. The second-order valence-corrected chi connectivity index (χ2v) is 7.69. The number of hydrogen-bond donors (Lipinski definition) is 0. The smallest absolute Gasteiger partial charge is 0.123 e. The van der Waals surface area contributed by atoms with E-state index in [0.29, 0.717) is 0 Å². The first-order valence-electron chi connectivity index (χ1n) is 7.57. The van der Waals surface area contributed by atoms with Crippen molar-refractivity contribution in [3.63, 3.8) is 0 Å². The van der Waals surface area contributed by atoms with Crippen molar-refractivity contribution in [3.05, 3.63) is 28.0 Å². The number of nitrogens with zero attached hydrogens (tertiary/aromatic N) is 5. The molecule has 2 aromatic rings. The Labute approximate surface area is 135 Å². The molecule has 0 amide bonds. The van der Waals surface area contributed by atoms with Gasteiger partial charge in [-0.25, -0.2) is 4.98 Å². The minimum Gasteiger partial charge on any atom is -0.368 e. The van der Waals surface area contributed by atoms with E-state index in [2.05, 4.69) is 41.4 Å². The summed E-state index contributed by atoms with van der Waals surface area (Å²) in [7, 11) is 1.89. The summed E-state index contributed by atoms with van der Waals surface area (Å²) < 4.78 is 7.67. The Balaban J connectivity index is 1.66. The van der Waals surface area contributed by atoms with Gasteiger partial charge in [-0.2, -0.15) is 0 Å². The largest absolute Gasteiger partial charge is 0.368 e. The first kappa shape index (κ1) is 15.6. The highest BCUT2D eigenvalue weighted by Gasteiger charge is 2.27. The third kappa shape index (κ3) is 3.53. The van der Waals surface area contributed by atoms with Gasteiger partial charge in [0, 0.05) is 43.7 Å². The van der Waals surface area contributed by atoms with Gasteiger partial charge in [-0.05, 0) is 0 Å². The highest BCUT2D eigenvalue weighted by molar-refractivity contribution is 7.09. The molecule has 1 atom stereocenters. The second-order valence-electron chi connectivity index (χ2n) is 6.80. The van der Waals surface area contributed by atoms with E-state index in [0.717, 1.165) is 42.6 Å². The number of aryl methyl sites for hydroxylation is 1. The van der Waals surface area contributed by atoms with Crippen LogP contribution in [0, 0.1) is 0 Å². The van der Waals surface area contributed by atoms with Crippen molar-refractivity contribution in [2.24, 2.45) is 7.05 Å². The van der Waals surface area contributed by atoms with Gasteiger partial charge in [0.2, 0.25) is 0 Å². The zero-order valence-corrected chi connectivity index (χ0v) is 14.4. The lowest BCUT2D eigenvalue weighted by Crippen LogP contribution is -2.37. The molecule has 7 heteroatoms. The molecular weight excluding hydrogens is 298 g/mol. The highest BCUT2D eigenvalue weighted by atomic mass is 32.1. The van der Waals surface area contributed by atoms with Crippen molar-refractivity contribution in [1.29, 1.82) is 0 Å². The molecule has 0 bridgehead atoms. The first-order valence-corrected chi connectivity index (χ1v) is 8.45. The van der Waals surface area contributed by atoms with Crippen LogP contribution in [0.4, 0.5) is 0 Å². The fourth-order valence-electron chi connectivity index (χ4n) is 2.47. The molecule has 2 aromatic heterocycles. The van der Waals surface area contributed by atoms with Crippen LogP contribution in [0.1, 0.15) is 43.3 Å². The molecule has 1 aliphatic heterocycles. The number of thiazole rings is 1. The molecule has 1 fully saturated rings. The zero-order valence-electron chi connectivity index (χ0n) is 13.6. The molecule has 120 valence electrons. The van der Waals surface area contributed by atoms with Crippen LogP contribution in [0.15, 0.2) is 11.6 Å². The van der Waals surface area contributed by atoms with Gasteiger partial charge in [0.1, 0.15) is 11.1 Å². The monoisotopic (exact) mass is 321 g/mol. The van der Waals surface area contributed by atoms with E-state index in [1.807, 2.05) is 13.2 Å². The fraction of sp³-hybridized carbons (Fsp3) is 0.667. The van der Waals surface area contributed by atoms with E-state index in [1.54, 1.807) is 16.0 Å². The molecule has 0 N–H and O–H groups in total. The van der Waals surface area contributed by atoms with Crippen LogP contribution in [0.3, 0.4) is 0 Å². The quantitative estimate of drug-likeness (QED) is 0.867. The van der Waals surface area contributed by atoms with Gasteiger partial charge in [0.05, 0.1) is 18.0 Å². The number of ether oxygens (including phenoxy) is 1. The second kappa shape index (κ2) is 6.06. The zero-order chi connectivity index (χ0) is 15.7. The molecule has 6 nitrogen and oxygen atoms in total. The summed E-state index contributed by atoms with van der Waals surface area (Å²) in [6.45, 7) is 9.88. The molecule has 0 radical (unpaired) electrons. The normalized spacial score (nSPS) is 20.5. The van der Waals surface area contributed by atoms with Crippen molar-refractivity contribution >= 4 is 11.3 Å². The average molecular weight is 321 g/mol. The SMILES string of the molecule is Cn1cc(CN2CCOC(c3nc(C(C)(C)C)cs3)C2)nn1. The lowest BCUT2D eigenvalue weighted by atomic mass is 9.93. The van der Waals surface area contributed by atoms with Gasteiger partial charge < -0.3 is 4.74 Å². The molecule has 0 aromatic carbocycles. The highest BCUT2D eigenvalue weighted by Crippen LogP contribution is 2.30. The van der Waals surface area contributed by atoms with Crippen LogP contribution in [-0.2, 0) is 23.7 Å². The van der Waals surface area contributed by atoms with Crippen LogP contribution in [0.5, 0.6) is 0 Å². The maximum absolute atomic E-state index is 5.93. The van der Waals surface area contributed by atoms with Gasteiger partial charge in [-0.15, -0.1) is 16.4 Å². The van der Waals surface area contributed by atoms with Crippen LogP contribution < -0.4 is 0 Å². The molecule has 0 aliphatic carbocycles. The van der Waals surface area contributed by atoms with Gasteiger partial charge in [0.15, 0.2) is 0 Å². The maximum Gasteiger partial charge on any atom is 0.123 e. The summed E-state index contributed by atoms with van der Waals surface area (Å²) in [5.41, 5.74) is 2.22. The Morgan fingerprint density at radius 3 is 2.86 bits per heavy atom. The van der Waals surface area contributed by atoms with E-state index in [9.17, 15) is 0 Å². The Bertz CT molecular complexity index is 630. The Morgan fingerprint density at radius 2 is 2.23 bits per heavy atom. The van der Waals surface area contributed by atoms with Crippen molar-refractivity contribution in [2.75, 3.05) is 19.7 Å². The summed E-state index contributed by atoms with van der Waals surface area (Å²) in [5, 5.41) is 11.4. The minimum absolute atomic E-state index is 0.0616. The van der Waals surface area contributed by atoms with Crippen LogP contribution in [0.25, 0.3) is 0 Å². The van der Waals surface area contributed by atoms with Crippen LogP contribution >= 0.6 is 11.3 Å². The fourth-order valence-corrected chi connectivity index (χ4v) is 3.56. The topological polar surface area (TPSA) is 56.1 Å². The number of hydrogen-bond acceptors (Lipinski definition) is 6. The minimum atomic E-state index is 0.0616. The van der Waals surface area contributed by atoms with Gasteiger partial charge in [-0.1, -0.05) is 26.0 Å². The summed E-state index contributed by atoms with van der Waals surface area (Å²) in [5.74, 6) is 0. The van der Waals surface area contributed by atoms with Crippen molar-refractivity contribution in [2.45, 2.75) is 38.8 Å². The Hall–Kier alpha value is -1.31. The Morgan fingerprint density at radius 1 is 1.41 bits per heavy atom. The number of morpholine rings is 1. The summed E-state index contributed by atoms with van der Waals surface area (Å²) in [6, 6.07) is 0. The first-order chi connectivity index (χ1) is 10.4. The number of rotatable bonds is 3. The molecule has 0 saturated carbocycles. The molecule has 3 rings (SSSR count). The van der Waals surface area contributed by atoms with Crippen molar-refractivity contribution < 1.29 is 4.74 Å². The molecular formula is C15H23N5OS. The van der Waals surface area contributed by atoms with Gasteiger partial charge >= 0.3 is 0 Å². The number of aromatic nitrogens is 4. The van der Waals surface area contributed by atoms with E-state index in [1.165, 1.54) is 0 Å². The van der Waals surface area contributed by atoms with Crippen molar-refractivity contribution in [1.82, 2.24) is 24.9 Å². The standard InChI is InChI=1S/C15H23N5OS/c1-15(2,3)13-10-22-14(16-13)12-9-20(5-6-21-12)8-11-7-19(4)18-17-11/h7,10,12H,5-6,8-9H2,1-4H3. The maximum atomic E-state index is 5.93.